The number of carboxylic acid groups (broad SMARTS) is 1. The summed E-state index contributed by atoms with van der Waals surface area (Å²) < 4.78 is 0. The van der Waals surface area contributed by atoms with Crippen molar-refractivity contribution < 1.29 is 19.6 Å². The second kappa shape index (κ2) is 9.77. The lowest BCUT2D eigenvalue weighted by molar-refractivity contribution is -0.384. The first-order valence-corrected chi connectivity index (χ1v) is 7.72. The van der Waals surface area contributed by atoms with E-state index in [2.05, 4.69) is 4.98 Å². The van der Waals surface area contributed by atoms with E-state index in [0.29, 0.717) is 22.4 Å². The molecule has 1 atom stereocenters. The third-order valence-corrected chi connectivity index (χ3v) is 3.68. The number of nitro benzene ring substituents is 1. The van der Waals surface area contributed by atoms with Crippen LogP contribution in [0, 0.1) is 10.1 Å². The number of carbonyl (C=O) groups excluding carboxylic acids is 1. The number of halogens is 2. The standard InChI is InChI=1S/C10H6Cl2N2O2.C5H9NO3/c11-8-3-1-2-6(10(8)14(15)16)7-4-13-5-9(7)12;6-4(5(8)9)2-1-3-7/h1-5,13H;3-4H,1-2,6H2,(H,8,9). The third kappa shape index (κ3) is 5.86. The number of nitrogens with zero attached hydrogens (tertiary/aromatic N) is 1. The second-order valence-electron chi connectivity index (χ2n) is 4.80. The van der Waals surface area contributed by atoms with Crippen molar-refractivity contribution in [3.63, 3.8) is 0 Å². The first kappa shape index (κ1) is 20.6. The Morgan fingerprint density at radius 2 is 2.00 bits per heavy atom. The van der Waals surface area contributed by atoms with Crippen molar-refractivity contribution in [3.8, 4) is 11.1 Å². The molecule has 1 aromatic carbocycles. The monoisotopic (exact) mass is 387 g/mol. The minimum absolute atomic E-state index is 0.0970. The van der Waals surface area contributed by atoms with E-state index in [0.717, 1.165) is 0 Å². The summed E-state index contributed by atoms with van der Waals surface area (Å²) in [6.07, 6.45) is 4.25. The molecule has 25 heavy (non-hydrogen) atoms. The summed E-state index contributed by atoms with van der Waals surface area (Å²) in [6.45, 7) is 0. The number of H-pyrrole nitrogens is 1. The molecule has 0 aliphatic rings. The number of hydrogen-bond donors (Lipinski definition) is 3. The predicted octanol–water partition coefficient (Wildman–Crippen LogP) is 3.27. The van der Waals surface area contributed by atoms with Gasteiger partial charge in [0.15, 0.2) is 0 Å². The Morgan fingerprint density at radius 3 is 2.48 bits per heavy atom. The van der Waals surface area contributed by atoms with Crippen LogP contribution >= 0.6 is 23.2 Å². The zero-order valence-corrected chi connectivity index (χ0v) is 14.3. The molecule has 4 N–H and O–H groups in total. The van der Waals surface area contributed by atoms with Crippen molar-refractivity contribution >= 4 is 41.1 Å². The molecule has 0 aliphatic carbocycles. The molecular weight excluding hydrogens is 373 g/mol. The second-order valence-corrected chi connectivity index (χ2v) is 5.61. The molecule has 10 heteroatoms. The molecule has 0 bridgehead atoms. The number of rotatable bonds is 6. The Kier molecular flexibility index (Phi) is 8.06. The molecule has 0 radical (unpaired) electrons. The molecule has 134 valence electrons. The van der Waals surface area contributed by atoms with Crippen LogP contribution in [0.5, 0.6) is 0 Å². The van der Waals surface area contributed by atoms with Gasteiger partial charge >= 0.3 is 5.97 Å². The van der Waals surface area contributed by atoms with Crippen LogP contribution < -0.4 is 5.73 Å². The quantitative estimate of drug-likeness (QED) is 0.394. The summed E-state index contributed by atoms with van der Waals surface area (Å²) in [7, 11) is 0. The molecule has 1 heterocycles. The minimum Gasteiger partial charge on any atom is -0.480 e. The van der Waals surface area contributed by atoms with E-state index in [-0.39, 0.29) is 23.6 Å². The highest BCUT2D eigenvalue weighted by Crippen LogP contribution is 2.38. The summed E-state index contributed by atoms with van der Waals surface area (Å²) in [5.41, 5.74) is 5.88. The van der Waals surface area contributed by atoms with Crippen molar-refractivity contribution in [3.05, 3.63) is 50.8 Å². The SMILES string of the molecule is NC(CCC=O)C(=O)O.O=[N+]([O-])c1c(Cl)cccc1-c1c[nH]cc1Cl. The van der Waals surface area contributed by atoms with Gasteiger partial charge in [-0.1, -0.05) is 29.3 Å². The average Bonchev–Trinajstić information content (AvgIpc) is 2.98. The molecule has 0 saturated carbocycles. The number of aromatic nitrogens is 1. The van der Waals surface area contributed by atoms with Gasteiger partial charge in [0, 0.05) is 24.4 Å². The van der Waals surface area contributed by atoms with Crippen LogP contribution in [-0.4, -0.2) is 33.3 Å². The van der Waals surface area contributed by atoms with Crippen molar-refractivity contribution in [1.82, 2.24) is 4.98 Å². The van der Waals surface area contributed by atoms with Crippen molar-refractivity contribution in [2.24, 2.45) is 5.73 Å². The van der Waals surface area contributed by atoms with Crippen LogP contribution in [0.3, 0.4) is 0 Å². The lowest BCUT2D eigenvalue weighted by atomic mass is 10.1. The molecule has 1 unspecified atom stereocenters. The molecule has 2 rings (SSSR count). The van der Waals surface area contributed by atoms with Crippen molar-refractivity contribution in [1.29, 1.82) is 0 Å². The third-order valence-electron chi connectivity index (χ3n) is 3.07. The van der Waals surface area contributed by atoms with Gasteiger partial charge in [-0.25, -0.2) is 0 Å². The summed E-state index contributed by atoms with van der Waals surface area (Å²) in [6, 6.07) is 3.84. The zero-order chi connectivity index (χ0) is 19.0. The van der Waals surface area contributed by atoms with Crippen LogP contribution in [0.2, 0.25) is 10.0 Å². The number of nitro groups is 1. The highest BCUT2D eigenvalue weighted by atomic mass is 35.5. The largest absolute Gasteiger partial charge is 0.480 e. The van der Waals surface area contributed by atoms with Crippen molar-refractivity contribution in [2.45, 2.75) is 18.9 Å². The number of carbonyl (C=O) groups is 2. The van der Waals surface area contributed by atoms with E-state index in [1.54, 1.807) is 24.5 Å². The Balaban J connectivity index is 0.000000299. The molecule has 0 saturated heterocycles. The average molecular weight is 388 g/mol. The van der Waals surface area contributed by atoms with E-state index in [9.17, 15) is 19.7 Å². The number of para-hydroxylation sites is 1. The number of benzene rings is 1. The van der Waals surface area contributed by atoms with E-state index < -0.39 is 16.9 Å². The smallest absolute Gasteiger partial charge is 0.320 e. The summed E-state index contributed by atoms with van der Waals surface area (Å²) in [5, 5.41) is 19.6. The Hall–Kier alpha value is -2.42. The topological polar surface area (TPSA) is 139 Å². The van der Waals surface area contributed by atoms with E-state index >= 15 is 0 Å². The molecule has 2 aromatic rings. The summed E-state index contributed by atoms with van der Waals surface area (Å²) in [5.74, 6) is -1.06. The Bertz CT molecular complexity index is 763. The maximum Gasteiger partial charge on any atom is 0.320 e. The van der Waals surface area contributed by atoms with E-state index in [4.69, 9.17) is 34.0 Å². The van der Waals surface area contributed by atoms with Gasteiger partial charge in [-0.15, -0.1) is 0 Å². The first-order chi connectivity index (χ1) is 11.8. The fraction of sp³-hybridized carbons (Fsp3) is 0.200. The van der Waals surface area contributed by atoms with Gasteiger partial charge in [-0.3, -0.25) is 14.9 Å². The van der Waals surface area contributed by atoms with Gasteiger partial charge in [0.1, 0.15) is 17.4 Å². The van der Waals surface area contributed by atoms with Gasteiger partial charge < -0.3 is 20.6 Å². The van der Waals surface area contributed by atoms with E-state index in [1.807, 2.05) is 0 Å². The predicted molar refractivity (Wildman–Crippen MR) is 93.8 cm³/mol. The van der Waals surface area contributed by atoms with Crippen LogP contribution in [0.1, 0.15) is 12.8 Å². The molecule has 1 aromatic heterocycles. The maximum absolute atomic E-state index is 10.9. The lowest BCUT2D eigenvalue weighted by Crippen LogP contribution is -2.29. The van der Waals surface area contributed by atoms with Gasteiger partial charge in [0.2, 0.25) is 0 Å². The molecule has 0 fully saturated rings. The molecule has 0 amide bonds. The highest BCUT2D eigenvalue weighted by molar-refractivity contribution is 6.35. The fourth-order valence-electron chi connectivity index (χ4n) is 1.84. The fourth-order valence-corrected chi connectivity index (χ4v) is 2.30. The van der Waals surface area contributed by atoms with Crippen LogP contribution in [-0.2, 0) is 9.59 Å². The maximum atomic E-state index is 10.9. The molecule has 0 aliphatic heterocycles. The minimum atomic E-state index is -1.06. The summed E-state index contributed by atoms with van der Waals surface area (Å²) >= 11 is 11.7. The highest BCUT2D eigenvalue weighted by Gasteiger charge is 2.21. The summed E-state index contributed by atoms with van der Waals surface area (Å²) in [4.78, 5) is 32.8. The number of carboxylic acids is 1. The number of aromatic amines is 1. The number of nitrogens with two attached hydrogens (primary N) is 1. The molecular formula is C15H15Cl2N3O5. The van der Waals surface area contributed by atoms with Gasteiger partial charge in [0.25, 0.3) is 5.69 Å². The van der Waals surface area contributed by atoms with Gasteiger partial charge in [-0.05, 0) is 18.6 Å². The van der Waals surface area contributed by atoms with Crippen LogP contribution in [0.4, 0.5) is 5.69 Å². The zero-order valence-electron chi connectivity index (χ0n) is 12.8. The number of hydrogen-bond acceptors (Lipinski definition) is 5. The number of aldehydes is 1. The van der Waals surface area contributed by atoms with Crippen LogP contribution in [0.25, 0.3) is 11.1 Å². The van der Waals surface area contributed by atoms with Crippen LogP contribution in [0.15, 0.2) is 30.6 Å². The number of nitrogens with one attached hydrogen (secondary N) is 1. The van der Waals surface area contributed by atoms with Crippen molar-refractivity contribution in [2.75, 3.05) is 0 Å². The van der Waals surface area contributed by atoms with E-state index in [1.165, 1.54) is 6.07 Å². The van der Waals surface area contributed by atoms with Gasteiger partial charge in [-0.2, -0.15) is 0 Å². The Labute approximate surface area is 152 Å². The first-order valence-electron chi connectivity index (χ1n) is 6.97. The molecule has 0 spiro atoms. The van der Waals surface area contributed by atoms with Gasteiger partial charge in [0.05, 0.1) is 15.5 Å². The number of aliphatic carboxylic acids is 1. The Morgan fingerprint density at radius 1 is 1.32 bits per heavy atom. The normalized spacial score (nSPS) is 11.2. The lowest BCUT2D eigenvalue weighted by Gasteiger charge is -2.02. The molecule has 8 nitrogen and oxygen atoms in total.